The predicted octanol–water partition coefficient (Wildman–Crippen LogP) is 3.19. The first-order valence-corrected chi connectivity index (χ1v) is 6.88. The van der Waals surface area contributed by atoms with E-state index in [0.29, 0.717) is 6.42 Å². The Hall–Kier alpha value is -0.780. The highest BCUT2D eigenvalue weighted by atomic mass is 79.9. The number of hydrogen-bond acceptors (Lipinski definition) is 4. The molecule has 5 heteroatoms. The minimum Gasteiger partial charge on any atom is -0.387 e. The van der Waals surface area contributed by atoms with Gasteiger partial charge in [-0.1, -0.05) is 0 Å². The Balaban J connectivity index is 2.16. The molecule has 0 aliphatic heterocycles. The maximum Gasteiger partial charge on any atom is 0.0941 e. The van der Waals surface area contributed by atoms with Crippen LogP contribution >= 0.6 is 27.3 Å². The summed E-state index contributed by atoms with van der Waals surface area (Å²) in [4.78, 5) is 9.36. The van der Waals surface area contributed by atoms with Gasteiger partial charge in [0.2, 0.25) is 0 Å². The number of aromatic nitrogens is 2. The Morgan fingerprint density at radius 3 is 2.76 bits per heavy atom. The number of halogens is 1. The molecule has 1 atom stereocenters. The van der Waals surface area contributed by atoms with Gasteiger partial charge in [-0.05, 0) is 41.4 Å². The third-order valence-electron chi connectivity index (χ3n) is 2.43. The summed E-state index contributed by atoms with van der Waals surface area (Å²) in [6.07, 6.45) is 3.57. The first-order chi connectivity index (χ1) is 8.06. The monoisotopic (exact) mass is 312 g/mol. The molecule has 2 heterocycles. The minimum absolute atomic E-state index is 0.503. The van der Waals surface area contributed by atoms with E-state index >= 15 is 0 Å². The highest BCUT2D eigenvalue weighted by molar-refractivity contribution is 9.10. The van der Waals surface area contributed by atoms with E-state index in [1.807, 2.05) is 19.9 Å². The zero-order valence-electron chi connectivity index (χ0n) is 9.64. The molecule has 0 aliphatic carbocycles. The lowest BCUT2D eigenvalue weighted by molar-refractivity contribution is 0.181. The number of rotatable bonds is 3. The molecule has 0 aromatic carbocycles. The molecule has 0 amide bonds. The number of aryl methyl sites for hydroxylation is 2. The van der Waals surface area contributed by atoms with E-state index in [1.54, 1.807) is 23.7 Å². The third-order valence-corrected chi connectivity index (χ3v) is 4.04. The van der Waals surface area contributed by atoms with E-state index in [1.165, 1.54) is 0 Å². The Morgan fingerprint density at radius 1 is 1.41 bits per heavy atom. The molecule has 3 nitrogen and oxygen atoms in total. The highest BCUT2D eigenvalue weighted by Gasteiger charge is 2.15. The average molecular weight is 313 g/mol. The molecular formula is C12H13BrN2OS. The topological polar surface area (TPSA) is 46.0 Å². The van der Waals surface area contributed by atoms with E-state index in [9.17, 15) is 5.11 Å². The van der Waals surface area contributed by atoms with Crippen LogP contribution in [0.5, 0.6) is 0 Å². The molecule has 2 aromatic rings. The number of hydrogen-bond donors (Lipinski definition) is 1. The lowest BCUT2D eigenvalue weighted by atomic mass is 10.1. The first-order valence-electron chi connectivity index (χ1n) is 5.27. The largest absolute Gasteiger partial charge is 0.387 e. The summed E-state index contributed by atoms with van der Waals surface area (Å²) in [5.41, 5.74) is 1.93. The van der Waals surface area contributed by atoms with Crippen LogP contribution in [0.4, 0.5) is 0 Å². The Kier molecular flexibility index (Phi) is 3.91. The van der Waals surface area contributed by atoms with Crippen LogP contribution in [0.25, 0.3) is 0 Å². The standard InChI is InChI=1S/C12H13BrN2OS/c1-7-12(17-8(2)15-7)11(16)4-9-3-10(13)6-14-5-9/h3,5-6,11,16H,4H2,1-2H3. The van der Waals surface area contributed by atoms with E-state index in [2.05, 4.69) is 25.9 Å². The van der Waals surface area contributed by atoms with Crippen molar-refractivity contribution in [2.75, 3.05) is 0 Å². The Labute approximate surface area is 113 Å². The van der Waals surface area contributed by atoms with Crippen molar-refractivity contribution in [3.63, 3.8) is 0 Å². The SMILES string of the molecule is Cc1nc(C)c(C(O)Cc2cncc(Br)c2)s1. The van der Waals surface area contributed by atoms with Gasteiger partial charge in [0, 0.05) is 23.3 Å². The molecule has 90 valence electrons. The summed E-state index contributed by atoms with van der Waals surface area (Å²) >= 11 is 4.93. The molecule has 0 saturated carbocycles. The summed E-state index contributed by atoms with van der Waals surface area (Å²) in [6, 6.07) is 1.97. The van der Waals surface area contributed by atoms with E-state index in [-0.39, 0.29) is 0 Å². The first kappa shape index (κ1) is 12.7. The zero-order valence-corrected chi connectivity index (χ0v) is 12.0. The van der Waals surface area contributed by atoms with Gasteiger partial charge in [-0.3, -0.25) is 4.98 Å². The summed E-state index contributed by atoms with van der Waals surface area (Å²) < 4.78 is 0.930. The molecule has 2 rings (SSSR count). The van der Waals surface area contributed by atoms with Crippen molar-refractivity contribution in [2.24, 2.45) is 0 Å². The fourth-order valence-corrected chi connectivity index (χ4v) is 3.07. The van der Waals surface area contributed by atoms with Crippen LogP contribution in [0.1, 0.15) is 27.2 Å². The molecule has 0 aliphatic rings. The number of aliphatic hydroxyl groups is 1. The molecule has 0 spiro atoms. The molecule has 0 radical (unpaired) electrons. The maximum absolute atomic E-state index is 10.2. The molecule has 0 fully saturated rings. The highest BCUT2D eigenvalue weighted by Crippen LogP contribution is 2.27. The maximum atomic E-state index is 10.2. The fourth-order valence-electron chi connectivity index (χ4n) is 1.74. The van der Waals surface area contributed by atoms with Crippen LogP contribution in [-0.4, -0.2) is 15.1 Å². The van der Waals surface area contributed by atoms with E-state index in [0.717, 1.165) is 25.6 Å². The van der Waals surface area contributed by atoms with Crippen LogP contribution < -0.4 is 0 Å². The fraction of sp³-hybridized carbons (Fsp3) is 0.333. The normalized spacial score (nSPS) is 12.7. The zero-order chi connectivity index (χ0) is 12.4. The van der Waals surface area contributed by atoms with Crippen molar-refractivity contribution in [3.8, 4) is 0 Å². The van der Waals surface area contributed by atoms with Crippen molar-refractivity contribution in [2.45, 2.75) is 26.4 Å². The molecule has 2 aromatic heterocycles. The predicted molar refractivity (Wildman–Crippen MR) is 72.2 cm³/mol. The van der Waals surface area contributed by atoms with Gasteiger partial charge in [-0.25, -0.2) is 4.98 Å². The van der Waals surface area contributed by atoms with E-state index < -0.39 is 6.10 Å². The van der Waals surface area contributed by atoms with Crippen molar-refractivity contribution < 1.29 is 5.11 Å². The molecule has 0 saturated heterocycles. The minimum atomic E-state index is -0.503. The molecule has 1 N–H and O–H groups in total. The lowest BCUT2D eigenvalue weighted by Crippen LogP contribution is -2.01. The average Bonchev–Trinajstić information content (AvgIpc) is 2.58. The Bertz CT molecular complexity index is 527. The summed E-state index contributed by atoms with van der Waals surface area (Å²) in [7, 11) is 0. The van der Waals surface area contributed by atoms with Crippen LogP contribution in [-0.2, 0) is 6.42 Å². The van der Waals surface area contributed by atoms with Gasteiger partial charge in [0.25, 0.3) is 0 Å². The Morgan fingerprint density at radius 2 is 2.18 bits per heavy atom. The van der Waals surface area contributed by atoms with Gasteiger partial charge in [0.15, 0.2) is 0 Å². The quantitative estimate of drug-likeness (QED) is 0.946. The van der Waals surface area contributed by atoms with Crippen molar-refractivity contribution in [1.29, 1.82) is 0 Å². The van der Waals surface area contributed by atoms with Crippen LogP contribution in [0.3, 0.4) is 0 Å². The molecule has 17 heavy (non-hydrogen) atoms. The van der Waals surface area contributed by atoms with Gasteiger partial charge in [-0.2, -0.15) is 0 Å². The summed E-state index contributed by atoms with van der Waals surface area (Å²) in [5, 5.41) is 11.2. The second-order valence-electron chi connectivity index (χ2n) is 3.91. The van der Waals surface area contributed by atoms with Crippen LogP contribution in [0, 0.1) is 13.8 Å². The number of nitrogens with zero attached hydrogens (tertiary/aromatic N) is 2. The van der Waals surface area contributed by atoms with Gasteiger partial charge in [-0.15, -0.1) is 11.3 Å². The summed E-state index contributed by atoms with van der Waals surface area (Å²) in [5.74, 6) is 0. The second-order valence-corrected chi connectivity index (χ2v) is 6.06. The van der Waals surface area contributed by atoms with Gasteiger partial charge in [0.05, 0.1) is 21.7 Å². The second kappa shape index (κ2) is 5.25. The molecular weight excluding hydrogens is 300 g/mol. The smallest absolute Gasteiger partial charge is 0.0941 e. The number of thiazole rings is 1. The lowest BCUT2D eigenvalue weighted by Gasteiger charge is -2.09. The summed E-state index contributed by atoms with van der Waals surface area (Å²) in [6.45, 7) is 3.88. The number of aliphatic hydroxyl groups excluding tert-OH is 1. The van der Waals surface area contributed by atoms with Crippen LogP contribution in [0.15, 0.2) is 22.9 Å². The van der Waals surface area contributed by atoms with Gasteiger partial charge >= 0.3 is 0 Å². The molecule has 1 unspecified atom stereocenters. The van der Waals surface area contributed by atoms with Crippen molar-refractivity contribution >= 4 is 27.3 Å². The number of pyridine rings is 1. The molecule has 0 bridgehead atoms. The van der Waals surface area contributed by atoms with Gasteiger partial charge < -0.3 is 5.11 Å². The van der Waals surface area contributed by atoms with E-state index in [4.69, 9.17) is 0 Å². The third kappa shape index (κ3) is 3.12. The van der Waals surface area contributed by atoms with Crippen LogP contribution in [0.2, 0.25) is 0 Å². The van der Waals surface area contributed by atoms with Crippen molar-refractivity contribution in [1.82, 2.24) is 9.97 Å². The van der Waals surface area contributed by atoms with Gasteiger partial charge in [0.1, 0.15) is 0 Å². The van der Waals surface area contributed by atoms with Crippen molar-refractivity contribution in [3.05, 3.63) is 44.1 Å².